The average Bonchev–Trinajstić information content (AvgIpc) is 3.49. The van der Waals surface area contributed by atoms with Crippen molar-refractivity contribution in [1.82, 2.24) is 21.3 Å². The summed E-state index contributed by atoms with van der Waals surface area (Å²) in [5.74, 6) is -12.2. The second-order valence-electron chi connectivity index (χ2n) is 10.3. The van der Waals surface area contributed by atoms with Crippen molar-refractivity contribution in [3.05, 3.63) is 35.9 Å². The summed E-state index contributed by atoms with van der Waals surface area (Å²) in [5.41, 5.74) is -0.276. The Balaban J connectivity index is 2.23. The Bertz CT molecular complexity index is 1230. The van der Waals surface area contributed by atoms with Gasteiger partial charge >= 0.3 is 31.4 Å². The Kier molecular flexibility index (Phi) is 13.4. The standard InChI is InChI=1S/C26H31BF6N4O9/c1-13(38)18(37-22(42)19(35-14(2)39)15-8-6-7-9-15)21(41)34-12-17(40)36-20(16-10-4-3-5-11-16)27(45-23(43)25(28,29)30)46-24(44)26(31,32)33/h3-5,10-11,13,15,18-20,38H,6-9,12H2,1-2H3,(H,34,41)(H,35,39)(H,36,40)(H,37,42)/t13-,18+,19+,20?/m1/s1. The molecule has 1 fully saturated rings. The van der Waals surface area contributed by atoms with Gasteiger partial charge in [-0.1, -0.05) is 43.2 Å². The monoisotopic (exact) mass is 668 g/mol. The van der Waals surface area contributed by atoms with Crippen molar-refractivity contribution in [3.63, 3.8) is 0 Å². The highest BCUT2D eigenvalue weighted by Crippen LogP contribution is 2.28. The number of carbonyl (C=O) groups is 6. The number of hydrogen-bond donors (Lipinski definition) is 5. The summed E-state index contributed by atoms with van der Waals surface area (Å²) >= 11 is 0. The molecule has 0 aliphatic heterocycles. The average molecular weight is 668 g/mol. The van der Waals surface area contributed by atoms with Crippen LogP contribution in [0.25, 0.3) is 0 Å². The number of alkyl halides is 6. The molecule has 13 nitrogen and oxygen atoms in total. The first-order chi connectivity index (χ1) is 21.3. The Morgan fingerprint density at radius 3 is 1.85 bits per heavy atom. The van der Waals surface area contributed by atoms with Crippen LogP contribution < -0.4 is 21.3 Å². The zero-order valence-electron chi connectivity index (χ0n) is 24.4. The number of carbonyl (C=O) groups excluding carboxylic acids is 6. The minimum absolute atomic E-state index is 0.242. The molecule has 1 saturated carbocycles. The molecular weight excluding hydrogens is 637 g/mol. The Hall–Kier alpha value is -4.36. The summed E-state index contributed by atoms with van der Waals surface area (Å²) in [6.45, 7) is 1.29. The lowest BCUT2D eigenvalue weighted by molar-refractivity contribution is -0.197. The first-order valence-electron chi connectivity index (χ1n) is 13.7. The van der Waals surface area contributed by atoms with Crippen LogP contribution in [0.2, 0.25) is 0 Å². The van der Waals surface area contributed by atoms with Crippen LogP contribution in [0.15, 0.2) is 30.3 Å². The second-order valence-corrected chi connectivity index (χ2v) is 10.3. The van der Waals surface area contributed by atoms with E-state index in [2.05, 4.69) is 25.3 Å². The molecule has 4 amide bonds. The van der Waals surface area contributed by atoms with E-state index in [1.165, 1.54) is 25.1 Å². The molecule has 0 spiro atoms. The maximum absolute atomic E-state index is 13.0. The third-order valence-corrected chi connectivity index (χ3v) is 6.65. The molecule has 1 aromatic carbocycles. The van der Waals surface area contributed by atoms with Crippen LogP contribution in [0.3, 0.4) is 0 Å². The van der Waals surface area contributed by atoms with E-state index in [0.29, 0.717) is 12.8 Å². The molecular formula is C26H31BF6N4O9. The third-order valence-electron chi connectivity index (χ3n) is 6.65. The van der Waals surface area contributed by atoms with Gasteiger partial charge in [0, 0.05) is 6.92 Å². The van der Waals surface area contributed by atoms with E-state index in [-0.39, 0.29) is 11.5 Å². The maximum Gasteiger partial charge on any atom is 0.627 e. The number of aliphatic hydroxyl groups is 1. The fraction of sp³-hybridized carbons (Fsp3) is 0.538. The number of hydrogen-bond acceptors (Lipinski definition) is 9. The lowest BCUT2D eigenvalue weighted by Crippen LogP contribution is -2.59. The molecule has 5 N–H and O–H groups in total. The zero-order valence-corrected chi connectivity index (χ0v) is 24.4. The fourth-order valence-corrected chi connectivity index (χ4v) is 4.53. The quantitative estimate of drug-likeness (QED) is 0.149. The summed E-state index contributed by atoms with van der Waals surface area (Å²) in [5, 5.41) is 19.0. The van der Waals surface area contributed by atoms with Gasteiger partial charge in [-0.15, -0.1) is 0 Å². The van der Waals surface area contributed by atoms with Crippen molar-refractivity contribution in [1.29, 1.82) is 0 Å². The van der Waals surface area contributed by atoms with E-state index >= 15 is 0 Å². The van der Waals surface area contributed by atoms with Crippen LogP contribution in [0.4, 0.5) is 26.3 Å². The third kappa shape index (κ3) is 11.5. The molecule has 0 aromatic heterocycles. The van der Waals surface area contributed by atoms with E-state index in [1.807, 2.05) is 5.32 Å². The predicted octanol–water partition coefficient (Wildman–Crippen LogP) is 0.759. The molecule has 20 heteroatoms. The highest BCUT2D eigenvalue weighted by atomic mass is 19.4. The van der Waals surface area contributed by atoms with Crippen LogP contribution in [-0.2, 0) is 38.1 Å². The van der Waals surface area contributed by atoms with Crippen molar-refractivity contribution >= 4 is 42.7 Å². The number of halogens is 6. The largest absolute Gasteiger partial charge is 0.627 e. The molecule has 0 heterocycles. The zero-order chi connectivity index (χ0) is 34.8. The summed E-state index contributed by atoms with van der Waals surface area (Å²) in [7, 11) is -2.99. The van der Waals surface area contributed by atoms with Crippen LogP contribution in [0, 0.1) is 5.92 Å². The molecule has 1 aromatic rings. The molecule has 0 bridgehead atoms. The normalized spacial score (nSPS) is 16.2. The Morgan fingerprint density at radius 2 is 1.39 bits per heavy atom. The number of aliphatic hydroxyl groups excluding tert-OH is 1. The van der Waals surface area contributed by atoms with Gasteiger partial charge in [0.2, 0.25) is 23.6 Å². The fourth-order valence-electron chi connectivity index (χ4n) is 4.53. The van der Waals surface area contributed by atoms with Gasteiger partial charge in [0.15, 0.2) is 0 Å². The minimum atomic E-state index is -5.74. The summed E-state index contributed by atoms with van der Waals surface area (Å²) < 4.78 is 85.5. The number of nitrogens with one attached hydrogen (secondary N) is 4. The van der Waals surface area contributed by atoms with E-state index in [1.54, 1.807) is 0 Å². The molecule has 0 saturated heterocycles. The van der Waals surface area contributed by atoms with Crippen molar-refractivity contribution in [2.24, 2.45) is 5.92 Å². The van der Waals surface area contributed by atoms with Gasteiger partial charge in [-0.3, -0.25) is 19.2 Å². The van der Waals surface area contributed by atoms with Gasteiger partial charge < -0.3 is 35.7 Å². The minimum Gasteiger partial charge on any atom is -0.491 e. The van der Waals surface area contributed by atoms with Crippen LogP contribution >= 0.6 is 0 Å². The van der Waals surface area contributed by atoms with Crippen molar-refractivity contribution in [3.8, 4) is 0 Å². The van der Waals surface area contributed by atoms with Crippen LogP contribution in [0.1, 0.15) is 51.0 Å². The lowest BCUT2D eigenvalue weighted by Gasteiger charge is -2.27. The first kappa shape index (κ1) is 37.8. The summed E-state index contributed by atoms with van der Waals surface area (Å²) in [4.78, 5) is 73.2. The van der Waals surface area contributed by atoms with Gasteiger partial charge in [-0.05, 0) is 31.2 Å². The smallest absolute Gasteiger partial charge is 0.491 e. The number of amides is 4. The van der Waals surface area contributed by atoms with Gasteiger partial charge in [0.05, 0.1) is 12.6 Å². The topological polar surface area (TPSA) is 189 Å². The SMILES string of the molecule is CC(=O)N[C@H](C(=O)N[C@H](C(=O)NCC(=O)NC(B(OC(=O)C(F)(F)F)OC(=O)C(F)(F)F)c1ccccc1)[C@@H](C)O)C1CCCC1. The Labute approximate surface area is 258 Å². The van der Waals surface area contributed by atoms with E-state index in [0.717, 1.165) is 31.9 Å². The maximum atomic E-state index is 13.0. The first-order valence-corrected chi connectivity index (χ1v) is 13.7. The Morgan fingerprint density at radius 1 is 0.870 bits per heavy atom. The second kappa shape index (κ2) is 16.3. The van der Waals surface area contributed by atoms with Gasteiger partial charge in [0.25, 0.3) is 0 Å². The molecule has 1 aliphatic carbocycles. The number of benzene rings is 1. The van der Waals surface area contributed by atoms with Crippen molar-refractivity contribution in [2.75, 3.05) is 6.54 Å². The molecule has 2 rings (SSSR count). The van der Waals surface area contributed by atoms with E-state index < -0.39 is 85.7 Å². The molecule has 1 aliphatic rings. The van der Waals surface area contributed by atoms with Crippen molar-refractivity contribution < 1.29 is 69.5 Å². The number of rotatable bonds is 13. The molecule has 1 unspecified atom stereocenters. The van der Waals surface area contributed by atoms with E-state index in [9.17, 15) is 60.2 Å². The summed E-state index contributed by atoms with van der Waals surface area (Å²) in [6, 6.07) is 3.37. The van der Waals surface area contributed by atoms with Gasteiger partial charge in [-0.25, -0.2) is 9.59 Å². The van der Waals surface area contributed by atoms with Crippen LogP contribution in [-0.4, -0.2) is 84.9 Å². The van der Waals surface area contributed by atoms with Gasteiger partial charge in [-0.2, -0.15) is 26.3 Å². The molecule has 0 radical (unpaired) electrons. The van der Waals surface area contributed by atoms with E-state index in [4.69, 9.17) is 0 Å². The highest BCUT2D eigenvalue weighted by molar-refractivity contribution is 6.51. The van der Waals surface area contributed by atoms with Gasteiger partial charge in [0.1, 0.15) is 18.0 Å². The predicted molar refractivity (Wildman–Crippen MR) is 144 cm³/mol. The summed E-state index contributed by atoms with van der Waals surface area (Å²) in [6.07, 6.45) is -10.2. The van der Waals surface area contributed by atoms with Crippen molar-refractivity contribution in [2.45, 2.75) is 76.0 Å². The molecule has 46 heavy (non-hydrogen) atoms. The molecule has 4 atom stereocenters. The van der Waals surface area contributed by atoms with Crippen LogP contribution in [0.5, 0.6) is 0 Å². The lowest BCUT2D eigenvalue weighted by atomic mass is 9.73. The molecule has 254 valence electrons. The highest BCUT2D eigenvalue weighted by Gasteiger charge is 2.52.